The lowest BCUT2D eigenvalue weighted by molar-refractivity contribution is -0.138. The van der Waals surface area contributed by atoms with Crippen LogP contribution in [0, 0.1) is 0 Å². The number of carbonyl (C=O) groups is 1. The summed E-state index contributed by atoms with van der Waals surface area (Å²) >= 11 is 5.89. The molecule has 1 aromatic rings. The smallest absolute Gasteiger partial charge is 0.317 e. The Morgan fingerprint density at radius 2 is 1.95 bits per heavy atom. The summed E-state index contributed by atoms with van der Waals surface area (Å²) in [5, 5.41) is 9.41. The maximum absolute atomic E-state index is 10.6. The van der Waals surface area contributed by atoms with Crippen molar-refractivity contribution in [2.75, 3.05) is 45.9 Å². The third kappa shape index (κ3) is 5.00. The lowest BCUT2D eigenvalue weighted by atomic mass is 10.3. The van der Waals surface area contributed by atoms with Crippen LogP contribution in [0.2, 0.25) is 5.02 Å². The fourth-order valence-corrected chi connectivity index (χ4v) is 2.39. The molecular weight excluding hydrogens is 280 g/mol. The van der Waals surface area contributed by atoms with Gasteiger partial charge in [-0.2, -0.15) is 0 Å². The van der Waals surface area contributed by atoms with E-state index in [2.05, 4.69) is 4.90 Å². The molecule has 0 amide bonds. The number of hydrogen-bond acceptors (Lipinski definition) is 4. The Morgan fingerprint density at radius 3 is 2.60 bits per heavy atom. The van der Waals surface area contributed by atoms with Crippen molar-refractivity contribution >= 4 is 17.6 Å². The number of benzene rings is 1. The third-order valence-electron chi connectivity index (χ3n) is 3.30. The van der Waals surface area contributed by atoms with E-state index in [0.717, 1.165) is 38.5 Å². The van der Waals surface area contributed by atoms with Crippen LogP contribution in [-0.2, 0) is 4.79 Å². The van der Waals surface area contributed by atoms with Gasteiger partial charge in [0.1, 0.15) is 12.4 Å². The molecule has 1 saturated heterocycles. The van der Waals surface area contributed by atoms with Crippen molar-refractivity contribution in [2.24, 2.45) is 0 Å². The molecule has 1 aliphatic rings. The first-order chi connectivity index (χ1) is 9.63. The molecule has 0 unspecified atom stereocenters. The second kappa shape index (κ2) is 7.47. The van der Waals surface area contributed by atoms with E-state index in [4.69, 9.17) is 21.4 Å². The molecule has 110 valence electrons. The fourth-order valence-electron chi connectivity index (χ4n) is 2.21. The lowest BCUT2D eigenvalue weighted by Crippen LogP contribution is -2.48. The molecule has 5 nitrogen and oxygen atoms in total. The maximum Gasteiger partial charge on any atom is 0.317 e. The summed E-state index contributed by atoms with van der Waals surface area (Å²) in [6, 6.07) is 7.36. The van der Waals surface area contributed by atoms with Gasteiger partial charge in [-0.25, -0.2) is 0 Å². The van der Waals surface area contributed by atoms with Gasteiger partial charge in [-0.05, 0) is 18.2 Å². The molecule has 0 bridgehead atoms. The minimum absolute atomic E-state index is 0.132. The number of ether oxygens (including phenoxy) is 1. The summed E-state index contributed by atoms with van der Waals surface area (Å²) in [4.78, 5) is 14.9. The monoisotopic (exact) mass is 298 g/mol. The Bertz CT molecular complexity index is 448. The normalized spacial score (nSPS) is 17.1. The van der Waals surface area contributed by atoms with Crippen LogP contribution < -0.4 is 4.74 Å². The fraction of sp³-hybridized carbons (Fsp3) is 0.500. The number of carboxylic acids is 1. The van der Waals surface area contributed by atoms with E-state index in [-0.39, 0.29) is 6.54 Å². The average molecular weight is 299 g/mol. The number of hydrogen-bond donors (Lipinski definition) is 1. The van der Waals surface area contributed by atoms with Gasteiger partial charge in [0.2, 0.25) is 0 Å². The molecule has 0 aliphatic carbocycles. The number of piperazine rings is 1. The molecule has 0 radical (unpaired) electrons. The second-order valence-corrected chi connectivity index (χ2v) is 5.25. The number of aliphatic carboxylic acids is 1. The molecule has 2 rings (SSSR count). The Morgan fingerprint density at radius 1 is 1.25 bits per heavy atom. The van der Waals surface area contributed by atoms with Gasteiger partial charge >= 0.3 is 5.97 Å². The zero-order valence-corrected chi connectivity index (χ0v) is 12.1. The van der Waals surface area contributed by atoms with Gasteiger partial charge in [0.25, 0.3) is 0 Å². The van der Waals surface area contributed by atoms with Crippen LogP contribution >= 0.6 is 11.6 Å². The first-order valence-corrected chi connectivity index (χ1v) is 7.06. The van der Waals surface area contributed by atoms with E-state index < -0.39 is 5.97 Å². The van der Waals surface area contributed by atoms with E-state index in [1.165, 1.54) is 0 Å². The number of carboxylic acid groups (broad SMARTS) is 1. The van der Waals surface area contributed by atoms with Gasteiger partial charge in [-0.15, -0.1) is 0 Å². The number of rotatable bonds is 6. The van der Waals surface area contributed by atoms with E-state index in [0.29, 0.717) is 11.6 Å². The van der Waals surface area contributed by atoms with Crippen molar-refractivity contribution in [3.8, 4) is 5.75 Å². The molecule has 1 N–H and O–H groups in total. The van der Waals surface area contributed by atoms with Crippen LogP contribution in [0.25, 0.3) is 0 Å². The Balaban J connectivity index is 1.65. The zero-order valence-electron chi connectivity index (χ0n) is 11.3. The summed E-state index contributed by atoms with van der Waals surface area (Å²) < 4.78 is 5.65. The van der Waals surface area contributed by atoms with E-state index in [9.17, 15) is 4.79 Å². The van der Waals surface area contributed by atoms with Crippen LogP contribution in [0.3, 0.4) is 0 Å². The molecule has 6 heteroatoms. The standard InChI is InChI=1S/C14H19ClN2O3/c15-12-2-1-3-13(10-12)20-9-8-16-4-6-17(7-5-16)11-14(18)19/h1-3,10H,4-9,11H2,(H,18,19). The molecular formula is C14H19ClN2O3. The predicted octanol–water partition coefficient (Wildman–Crippen LogP) is 1.42. The van der Waals surface area contributed by atoms with Gasteiger partial charge in [0.15, 0.2) is 0 Å². The summed E-state index contributed by atoms with van der Waals surface area (Å²) in [5.41, 5.74) is 0. The van der Waals surface area contributed by atoms with E-state index in [1.807, 2.05) is 23.1 Å². The molecule has 1 heterocycles. The number of nitrogens with zero attached hydrogens (tertiary/aromatic N) is 2. The topological polar surface area (TPSA) is 53.0 Å². The van der Waals surface area contributed by atoms with Crippen molar-refractivity contribution in [1.29, 1.82) is 0 Å². The molecule has 1 aliphatic heterocycles. The van der Waals surface area contributed by atoms with Gasteiger partial charge < -0.3 is 9.84 Å². The summed E-state index contributed by atoms with van der Waals surface area (Å²) in [5.74, 6) is 0.0183. The van der Waals surface area contributed by atoms with Gasteiger partial charge in [0.05, 0.1) is 6.54 Å². The summed E-state index contributed by atoms with van der Waals surface area (Å²) in [7, 11) is 0. The van der Waals surface area contributed by atoms with Crippen molar-refractivity contribution in [3.05, 3.63) is 29.3 Å². The highest BCUT2D eigenvalue weighted by Gasteiger charge is 2.18. The van der Waals surface area contributed by atoms with Gasteiger partial charge in [0, 0.05) is 37.7 Å². The van der Waals surface area contributed by atoms with Crippen LogP contribution in [0.15, 0.2) is 24.3 Å². The van der Waals surface area contributed by atoms with Crippen LogP contribution in [0.1, 0.15) is 0 Å². The molecule has 0 spiro atoms. The van der Waals surface area contributed by atoms with Crippen LogP contribution in [-0.4, -0.2) is 66.8 Å². The molecule has 20 heavy (non-hydrogen) atoms. The minimum atomic E-state index is -0.761. The number of halogens is 1. The van der Waals surface area contributed by atoms with Crippen LogP contribution in [0.5, 0.6) is 5.75 Å². The first kappa shape index (κ1) is 15.1. The Kier molecular flexibility index (Phi) is 5.64. The Labute approximate surface area is 123 Å². The van der Waals surface area contributed by atoms with Crippen molar-refractivity contribution in [1.82, 2.24) is 9.80 Å². The molecule has 0 saturated carbocycles. The van der Waals surface area contributed by atoms with E-state index in [1.54, 1.807) is 6.07 Å². The second-order valence-electron chi connectivity index (χ2n) is 4.82. The largest absolute Gasteiger partial charge is 0.492 e. The summed E-state index contributed by atoms with van der Waals surface area (Å²) in [6.45, 7) is 4.94. The van der Waals surface area contributed by atoms with Crippen molar-refractivity contribution < 1.29 is 14.6 Å². The average Bonchev–Trinajstić information content (AvgIpc) is 2.40. The summed E-state index contributed by atoms with van der Waals surface area (Å²) in [6.07, 6.45) is 0. The molecule has 0 atom stereocenters. The SMILES string of the molecule is O=C(O)CN1CCN(CCOc2cccc(Cl)c2)CC1. The van der Waals surface area contributed by atoms with Crippen LogP contribution in [0.4, 0.5) is 0 Å². The van der Waals surface area contributed by atoms with E-state index >= 15 is 0 Å². The van der Waals surface area contributed by atoms with Gasteiger partial charge in [-0.1, -0.05) is 17.7 Å². The predicted molar refractivity (Wildman–Crippen MR) is 77.5 cm³/mol. The minimum Gasteiger partial charge on any atom is -0.492 e. The molecule has 1 aromatic carbocycles. The molecule has 0 aromatic heterocycles. The maximum atomic E-state index is 10.6. The van der Waals surface area contributed by atoms with Crippen molar-refractivity contribution in [3.63, 3.8) is 0 Å². The zero-order chi connectivity index (χ0) is 14.4. The third-order valence-corrected chi connectivity index (χ3v) is 3.53. The van der Waals surface area contributed by atoms with Crippen molar-refractivity contribution in [2.45, 2.75) is 0 Å². The quantitative estimate of drug-likeness (QED) is 0.861. The first-order valence-electron chi connectivity index (χ1n) is 6.68. The lowest BCUT2D eigenvalue weighted by Gasteiger charge is -2.33. The van der Waals surface area contributed by atoms with Gasteiger partial charge in [-0.3, -0.25) is 14.6 Å². The highest BCUT2D eigenvalue weighted by molar-refractivity contribution is 6.30. The molecule has 1 fully saturated rings. The highest BCUT2D eigenvalue weighted by Crippen LogP contribution is 2.17. The Hall–Kier alpha value is -1.30. The highest BCUT2D eigenvalue weighted by atomic mass is 35.5.